The van der Waals surface area contributed by atoms with E-state index in [2.05, 4.69) is 17.4 Å². The summed E-state index contributed by atoms with van der Waals surface area (Å²) in [4.78, 5) is 32.6. The lowest BCUT2D eigenvalue weighted by Crippen LogP contribution is -3.00. The standard InChI is InChI=1S/C28H27N3O3S.BrH/c1-34-24-14-12-23(13-15-24)30-26(32)20-25-27(33)31(19-17-22-10-6-3-7-11-22)28(35-25)29-18-16-21-8-4-2-5-9-21;/h2-15,20H,16-19H2,1H3,(H,30,32);1H/p-1/b25-20-,29-28?;. The lowest BCUT2D eigenvalue weighted by Gasteiger charge is -2.15. The number of hydrogen-bond acceptors (Lipinski definition) is 5. The van der Waals surface area contributed by atoms with E-state index in [0.29, 0.717) is 41.0 Å². The van der Waals surface area contributed by atoms with E-state index in [4.69, 9.17) is 9.73 Å². The number of hydrogen-bond donors (Lipinski definition) is 1. The molecule has 0 spiro atoms. The molecule has 1 heterocycles. The Morgan fingerprint density at radius 2 is 1.56 bits per heavy atom. The fourth-order valence-corrected chi connectivity index (χ4v) is 4.61. The van der Waals surface area contributed by atoms with Gasteiger partial charge in [-0.25, -0.2) is 0 Å². The highest BCUT2D eigenvalue weighted by atomic mass is 79.9. The fraction of sp³-hybridized carbons (Fsp3) is 0.179. The second-order valence-electron chi connectivity index (χ2n) is 7.92. The molecule has 0 bridgehead atoms. The number of carbonyl (C=O) groups is 2. The third-order valence-electron chi connectivity index (χ3n) is 5.47. The van der Waals surface area contributed by atoms with Crippen molar-refractivity contribution in [1.29, 1.82) is 0 Å². The Morgan fingerprint density at radius 3 is 2.17 bits per heavy atom. The zero-order valence-electron chi connectivity index (χ0n) is 19.9. The summed E-state index contributed by atoms with van der Waals surface area (Å²) >= 11 is 1.25. The van der Waals surface area contributed by atoms with E-state index < -0.39 is 0 Å². The Balaban J connectivity index is 0.00000361. The van der Waals surface area contributed by atoms with Gasteiger partial charge in [0.25, 0.3) is 5.91 Å². The van der Waals surface area contributed by atoms with E-state index in [0.717, 1.165) is 12.0 Å². The molecule has 6 nitrogen and oxygen atoms in total. The summed E-state index contributed by atoms with van der Waals surface area (Å²) in [6.45, 7) is 1.06. The highest BCUT2D eigenvalue weighted by Gasteiger charge is 2.33. The number of rotatable bonds is 9. The van der Waals surface area contributed by atoms with Gasteiger partial charge in [-0.1, -0.05) is 60.7 Å². The first-order valence-corrected chi connectivity index (χ1v) is 12.2. The van der Waals surface area contributed by atoms with E-state index in [1.807, 2.05) is 48.5 Å². The number of nitrogens with zero attached hydrogens (tertiary/aromatic N) is 2. The predicted molar refractivity (Wildman–Crippen MR) is 142 cm³/mol. The average molecular weight is 566 g/mol. The number of amides is 2. The Morgan fingerprint density at radius 1 is 0.944 bits per heavy atom. The average Bonchev–Trinajstić information content (AvgIpc) is 3.18. The molecule has 186 valence electrons. The molecule has 0 saturated carbocycles. The van der Waals surface area contributed by atoms with Crippen molar-refractivity contribution in [2.75, 3.05) is 25.5 Å². The molecule has 0 aromatic heterocycles. The minimum atomic E-state index is -0.362. The number of ether oxygens (including phenoxy) is 1. The number of benzene rings is 3. The molecule has 4 rings (SSSR count). The zero-order valence-corrected chi connectivity index (χ0v) is 22.3. The molecule has 3 aromatic carbocycles. The molecule has 8 heteroatoms. The van der Waals surface area contributed by atoms with Crippen LogP contribution in [0.25, 0.3) is 0 Å². The van der Waals surface area contributed by atoms with Crippen LogP contribution in [0.4, 0.5) is 5.69 Å². The van der Waals surface area contributed by atoms with Crippen molar-refractivity contribution in [1.82, 2.24) is 4.90 Å². The maximum absolute atomic E-state index is 13.2. The number of anilines is 1. The van der Waals surface area contributed by atoms with E-state index >= 15 is 0 Å². The number of aliphatic imine (C=N–C) groups is 1. The van der Waals surface area contributed by atoms with E-state index in [1.54, 1.807) is 36.3 Å². The van der Waals surface area contributed by atoms with Crippen LogP contribution in [0.1, 0.15) is 11.1 Å². The molecule has 1 fully saturated rings. The molecule has 0 aliphatic carbocycles. The van der Waals surface area contributed by atoms with Crippen LogP contribution in [0.2, 0.25) is 0 Å². The Hall–Kier alpha value is -3.36. The maximum Gasteiger partial charge on any atom is 0.266 e. The van der Waals surface area contributed by atoms with Gasteiger partial charge in [-0.2, -0.15) is 0 Å². The number of methoxy groups -OCH3 is 1. The van der Waals surface area contributed by atoms with Crippen molar-refractivity contribution < 1.29 is 31.3 Å². The first-order chi connectivity index (χ1) is 17.1. The molecule has 1 aliphatic heterocycles. The molecular formula is C28H27BrN3O3S-. The summed E-state index contributed by atoms with van der Waals surface area (Å²) in [6.07, 6.45) is 2.84. The van der Waals surface area contributed by atoms with Crippen molar-refractivity contribution in [2.24, 2.45) is 4.99 Å². The summed E-state index contributed by atoms with van der Waals surface area (Å²) in [5, 5.41) is 3.43. The van der Waals surface area contributed by atoms with Gasteiger partial charge in [0.1, 0.15) is 5.75 Å². The van der Waals surface area contributed by atoms with Crippen LogP contribution < -0.4 is 27.0 Å². The topological polar surface area (TPSA) is 71.0 Å². The Bertz CT molecular complexity index is 1220. The van der Waals surface area contributed by atoms with Crippen molar-refractivity contribution in [3.8, 4) is 5.75 Å². The van der Waals surface area contributed by atoms with Crippen molar-refractivity contribution >= 4 is 34.4 Å². The molecule has 2 amide bonds. The molecule has 0 unspecified atom stereocenters. The van der Waals surface area contributed by atoms with Crippen LogP contribution in [0.5, 0.6) is 5.75 Å². The lowest BCUT2D eigenvalue weighted by molar-refractivity contribution is -0.122. The summed E-state index contributed by atoms with van der Waals surface area (Å²) in [5.41, 5.74) is 2.96. The van der Waals surface area contributed by atoms with E-state index in [1.165, 1.54) is 23.4 Å². The van der Waals surface area contributed by atoms with E-state index in [-0.39, 0.29) is 28.8 Å². The lowest BCUT2D eigenvalue weighted by atomic mass is 10.1. The van der Waals surface area contributed by atoms with Gasteiger partial charge in [-0.3, -0.25) is 19.5 Å². The van der Waals surface area contributed by atoms with Gasteiger partial charge in [0.15, 0.2) is 5.17 Å². The first-order valence-electron chi connectivity index (χ1n) is 11.4. The number of nitrogens with one attached hydrogen (secondary N) is 1. The van der Waals surface area contributed by atoms with E-state index in [9.17, 15) is 9.59 Å². The molecule has 1 aliphatic rings. The minimum absolute atomic E-state index is 0. The third-order valence-corrected chi connectivity index (χ3v) is 6.51. The number of carbonyl (C=O) groups excluding carboxylic acids is 2. The number of halogens is 1. The molecule has 1 N–H and O–H groups in total. The van der Waals surface area contributed by atoms with Crippen LogP contribution in [0, 0.1) is 0 Å². The zero-order chi connectivity index (χ0) is 24.5. The third kappa shape index (κ3) is 7.57. The minimum Gasteiger partial charge on any atom is -1.00 e. The summed E-state index contributed by atoms with van der Waals surface area (Å²) in [7, 11) is 1.59. The first kappa shape index (κ1) is 27.2. The molecule has 0 radical (unpaired) electrons. The van der Waals surface area contributed by atoms with Gasteiger partial charge in [-0.05, 0) is 60.0 Å². The van der Waals surface area contributed by atoms with Gasteiger partial charge in [0.05, 0.1) is 12.0 Å². The SMILES string of the molecule is COc1ccc(NC(=O)/C=C2\SC(=NCCc3ccccc3)N(CCc3ccccc3)C2=O)cc1.[Br-]. The maximum atomic E-state index is 13.2. The van der Waals surface area contributed by atoms with Crippen LogP contribution in [0.3, 0.4) is 0 Å². The largest absolute Gasteiger partial charge is 1.00 e. The predicted octanol–water partition coefficient (Wildman–Crippen LogP) is 1.94. The van der Waals surface area contributed by atoms with Gasteiger partial charge in [0, 0.05) is 24.9 Å². The fourth-order valence-electron chi connectivity index (χ4n) is 3.61. The summed E-state index contributed by atoms with van der Waals surface area (Å²) < 4.78 is 5.14. The smallest absolute Gasteiger partial charge is 0.266 e. The van der Waals surface area contributed by atoms with Crippen molar-refractivity contribution in [3.05, 3.63) is 107 Å². The van der Waals surface area contributed by atoms with Crippen molar-refractivity contribution in [3.63, 3.8) is 0 Å². The monoisotopic (exact) mass is 564 g/mol. The highest BCUT2D eigenvalue weighted by Crippen LogP contribution is 2.31. The quantitative estimate of drug-likeness (QED) is 0.403. The van der Waals surface area contributed by atoms with Crippen LogP contribution in [-0.2, 0) is 22.4 Å². The van der Waals surface area contributed by atoms with Crippen LogP contribution in [0.15, 0.2) is 101 Å². The molecule has 3 aromatic rings. The number of amidine groups is 1. The van der Waals surface area contributed by atoms with Gasteiger partial charge in [-0.15, -0.1) is 0 Å². The van der Waals surface area contributed by atoms with Crippen molar-refractivity contribution in [2.45, 2.75) is 12.8 Å². The molecule has 36 heavy (non-hydrogen) atoms. The normalized spacial score (nSPS) is 15.1. The molecule has 1 saturated heterocycles. The summed E-state index contributed by atoms with van der Waals surface area (Å²) in [6, 6.07) is 27.2. The Labute approximate surface area is 226 Å². The van der Waals surface area contributed by atoms with Crippen LogP contribution in [-0.4, -0.2) is 42.1 Å². The second kappa shape index (κ2) is 13.7. The van der Waals surface area contributed by atoms with Gasteiger partial charge < -0.3 is 27.0 Å². The highest BCUT2D eigenvalue weighted by molar-refractivity contribution is 8.18. The molecular weight excluding hydrogens is 538 g/mol. The van der Waals surface area contributed by atoms with Gasteiger partial charge >= 0.3 is 0 Å². The van der Waals surface area contributed by atoms with Crippen LogP contribution >= 0.6 is 11.8 Å². The van der Waals surface area contributed by atoms with Gasteiger partial charge in [0.2, 0.25) is 5.91 Å². The summed E-state index contributed by atoms with van der Waals surface area (Å²) in [5.74, 6) is 0.141. The Kier molecular flexibility index (Phi) is 10.3. The number of thioether (sulfide) groups is 1. The molecule has 0 atom stereocenters. The second-order valence-corrected chi connectivity index (χ2v) is 8.93.